The summed E-state index contributed by atoms with van der Waals surface area (Å²) in [6.07, 6.45) is 5.89. The van der Waals surface area contributed by atoms with Crippen LogP contribution in [0, 0.1) is 11.3 Å². The van der Waals surface area contributed by atoms with Crippen LogP contribution < -0.4 is 0 Å². The predicted molar refractivity (Wildman–Crippen MR) is 44.1 cm³/mol. The molecule has 1 heteroatoms. The summed E-state index contributed by atoms with van der Waals surface area (Å²) >= 11 is 0. The molecule has 0 aromatic carbocycles. The summed E-state index contributed by atoms with van der Waals surface area (Å²) in [7, 11) is 0. The summed E-state index contributed by atoms with van der Waals surface area (Å²) < 4.78 is 0. The van der Waals surface area contributed by atoms with Gasteiger partial charge in [-0.25, -0.2) is 0 Å². The fourth-order valence-corrected chi connectivity index (χ4v) is 2.26. The third-order valence-electron chi connectivity index (χ3n) is 2.97. The maximum atomic E-state index is 11.3. The summed E-state index contributed by atoms with van der Waals surface area (Å²) in [5, 5.41) is 0. The molecule has 0 aromatic rings. The third-order valence-corrected chi connectivity index (χ3v) is 2.97. The van der Waals surface area contributed by atoms with Crippen LogP contribution in [-0.4, -0.2) is 5.78 Å². The van der Waals surface area contributed by atoms with Gasteiger partial charge in [-0.2, -0.15) is 0 Å². The Balaban J connectivity index is 2.44. The molecule has 2 aliphatic carbocycles. The van der Waals surface area contributed by atoms with Crippen molar-refractivity contribution in [3.05, 3.63) is 24.3 Å². The highest BCUT2D eigenvalue weighted by atomic mass is 16.1. The lowest BCUT2D eigenvalue weighted by molar-refractivity contribution is -0.117. The smallest absolute Gasteiger partial charge is 0.163 e. The van der Waals surface area contributed by atoms with Crippen LogP contribution in [0.4, 0.5) is 0 Å². The molecule has 0 spiro atoms. The van der Waals surface area contributed by atoms with Crippen molar-refractivity contribution in [1.29, 1.82) is 0 Å². The molecule has 1 fully saturated rings. The van der Waals surface area contributed by atoms with Crippen molar-refractivity contribution in [2.24, 2.45) is 11.3 Å². The first-order valence-electron chi connectivity index (χ1n) is 4.04. The van der Waals surface area contributed by atoms with Gasteiger partial charge in [-0.3, -0.25) is 4.79 Å². The Bertz CT molecular complexity index is 262. The molecule has 0 aliphatic heterocycles. The highest BCUT2D eigenvalue weighted by Crippen LogP contribution is 2.50. The molecule has 58 valence electrons. The van der Waals surface area contributed by atoms with Gasteiger partial charge in [0.05, 0.1) is 5.92 Å². The number of carbonyl (C=O) groups is 1. The molecule has 1 nitrogen and oxygen atoms in total. The van der Waals surface area contributed by atoms with Crippen LogP contribution in [0.2, 0.25) is 0 Å². The fourth-order valence-electron chi connectivity index (χ4n) is 2.26. The van der Waals surface area contributed by atoms with Crippen LogP contribution in [-0.2, 0) is 4.79 Å². The highest BCUT2D eigenvalue weighted by molar-refractivity contribution is 5.97. The molecule has 11 heavy (non-hydrogen) atoms. The first-order valence-corrected chi connectivity index (χ1v) is 4.04. The molecule has 0 saturated heterocycles. The number of hydrogen-bond acceptors (Lipinski definition) is 1. The minimum Gasteiger partial charge on any atom is -0.294 e. The first kappa shape index (κ1) is 6.84. The zero-order valence-electron chi connectivity index (χ0n) is 6.76. The number of hydrogen-bond donors (Lipinski definition) is 0. The summed E-state index contributed by atoms with van der Waals surface area (Å²) in [5.41, 5.74) is 1.25. The molecule has 0 N–H and O–H groups in total. The monoisotopic (exact) mass is 148 g/mol. The van der Waals surface area contributed by atoms with Crippen molar-refractivity contribution in [2.75, 3.05) is 0 Å². The van der Waals surface area contributed by atoms with E-state index in [1.54, 1.807) is 6.08 Å². The lowest BCUT2D eigenvalue weighted by Crippen LogP contribution is -2.20. The van der Waals surface area contributed by atoms with Gasteiger partial charge in [0.2, 0.25) is 0 Å². The standard InChI is InChI=1S/C10H12O/c1-7-3-5-10(2)6-4-8(11)9(7)10/h4,6,9H,1,3,5H2,2H3/t9-,10+/m0/s1. The molecule has 0 aromatic heterocycles. The summed E-state index contributed by atoms with van der Waals surface area (Å²) in [6, 6.07) is 0. The maximum Gasteiger partial charge on any atom is 0.163 e. The molecule has 0 heterocycles. The Morgan fingerprint density at radius 3 is 3.09 bits per heavy atom. The van der Waals surface area contributed by atoms with Gasteiger partial charge in [-0.1, -0.05) is 25.2 Å². The number of fused-ring (bicyclic) bond motifs is 1. The van der Waals surface area contributed by atoms with Gasteiger partial charge >= 0.3 is 0 Å². The fraction of sp³-hybridized carbons (Fsp3) is 0.500. The van der Waals surface area contributed by atoms with Crippen molar-refractivity contribution in [3.8, 4) is 0 Å². The normalized spacial score (nSPS) is 41.7. The summed E-state index contributed by atoms with van der Waals surface area (Å²) in [5.74, 6) is 0.373. The SMILES string of the molecule is C=C1CC[C@]2(C)C=CC(=O)[C@H]12. The first-order chi connectivity index (χ1) is 5.13. The van der Waals surface area contributed by atoms with Crippen LogP contribution >= 0.6 is 0 Å². The summed E-state index contributed by atoms with van der Waals surface area (Å²) in [4.78, 5) is 11.3. The van der Waals surface area contributed by atoms with Gasteiger partial charge in [0, 0.05) is 0 Å². The predicted octanol–water partition coefficient (Wildman–Crippen LogP) is 2.10. The van der Waals surface area contributed by atoms with Crippen LogP contribution in [0.25, 0.3) is 0 Å². The van der Waals surface area contributed by atoms with Crippen LogP contribution in [0.5, 0.6) is 0 Å². The molecule has 0 unspecified atom stereocenters. The number of allylic oxidation sites excluding steroid dienone is 3. The number of rotatable bonds is 0. The number of ketones is 1. The molecule has 2 rings (SSSR count). The lowest BCUT2D eigenvalue weighted by atomic mass is 9.82. The topological polar surface area (TPSA) is 17.1 Å². The molecule has 0 bridgehead atoms. The Kier molecular flexibility index (Phi) is 1.15. The largest absolute Gasteiger partial charge is 0.294 e. The van der Waals surface area contributed by atoms with E-state index >= 15 is 0 Å². The van der Waals surface area contributed by atoms with Crippen LogP contribution in [0.15, 0.2) is 24.3 Å². The van der Waals surface area contributed by atoms with Gasteiger partial charge < -0.3 is 0 Å². The second kappa shape index (κ2) is 1.84. The molecule has 2 atom stereocenters. The minimum atomic E-state index is 0.113. The van der Waals surface area contributed by atoms with E-state index in [2.05, 4.69) is 19.6 Å². The number of carbonyl (C=O) groups excluding carboxylic acids is 1. The third kappa shape index (κ3) is 0.740. The van der Waals surface area contributed by atoms with Crippen molar-refractivity contribution in [2.45, 2.75) is 19.8 Å². The van der Waals surface area contributed by atoms with Crippen molar-refractivity contribution in [3.63, 3.8) is 0 Å². The molecule has 2 aliphatic rings. The molecule has 1 saturated carbocycles. The van der Waals surface area contributed by atoms with Gasteiger partial charge in [0.1, 0.15) is 0 Å². The maximum absolute atomic E-state index is 11.3. The van der Waals surface area contributed by atoms with E-state index in [1.165, 1.54) is 0 Å². The van der Waals surface area contributed by atoms with E-state index in [-0.39, 0.29) is 17.1 Å². The van der Waals surface area contributed by atoms with Crippen molar-refractivity contribution in [1.82, 2.24) is 0 Å². The van der Waals surface area contributed by atoms with Crippen molar-refractivity contribution < 1.29 is 4.79 Å². The zero-order valence-corrected chi connectivity index (χ0v) is 6.76. The van der Waals surface area contributed by atoms with Gasteiger partial charge in [0.25, 0.3) is 0 Å². The zero-order chi connectivity index (χ0) is 8.06. The lowest BCUT2D eigenvalue weighted by Gasteiger charge is -2.20. The molecule has 0 amide bonds. The van der Waals surface area contributed by atoms with E-state index in [0.717, 1.165) is 18.4 Å². The Labute approximate surface area is 66.8 Å². The highest BCUT2D eigenvalue weighted by Gasteiger charge is 2.45. The van der Waals surface area contributed by atoms with E-state index in [0.29, 0.717) is 0 Å². The average Bonchev–Trinajstić information content (AvgIpc) is 2.38. The van der Waals surface area contributed by atoms with Gasteiger partial charge in [-0.05, 0) is 24.3 Å². The van der Waals surface area contributed by atoms with E-state index < -0.39 is 0 Å². The Morgan fingerprint density at radius 1 is 1.73 bits per heavy atom. The Hall–Kier alpha value is -0.850. The summed E-state index contributed by atoms with van der Waals surface area (Å²) in [6.45, 7) is 6.08. The molecular formula is C10H12O. The second-order valence-electron chi connectivity index (χ2n) is 3.83. The average molecular weight is 148 g/mol. The quantitative estimate of drug-likeness (QED) is 0.481. The second-order valence-corrected chi connectivity index (χ2v) is 3.83. The van der Waals surface area contributed by atoms with Crippen molar-refractivity contribution >= 4 is 5.78 Å². The molecular weight excluding hydrogens is 136 g/mol. The van der Waals surface area contributed by atoms with E-state index in [9.17, 15) is 4.79 Å². The minimum absolute atomic E-state index is 0.113. The van der Waals surface area contributed by atoms with Crippen LogP contribution in [0.1, 0.15) is 19.8 Å². The van der Waals surface area contributed by atoms with Gasteiger partial charge in [0.15, 0.2) is 5.78 Å². The molecule has 0 radical (unpaired) electrons. The Morgan fingerprint density at radius 2 is 2.45 bits per heavy atom. The van der Waals surface area contributed by atoms with E-state index in [4.69, 9.17) is 0 Å². The van der Waals surface area contributed by atoms with E-state index in [1.807, 2.05) is 0 Å². The van der Waals surface area contributed by atoms with Gasteiger partial charge in [-0.15, -0.1) is 0 Å². The van der Waals surface area contributed by atoms with Crippen LogP contribution in [0.3, 0.4) is 0 Å².